The van der Waals surface area contributed by atoms with Crippen LogP contribution in [0.4, 0.5) is 0 Å². The van der Waals surface area contributed by atoms with Gasteiger partial charge in [0, 0.05) is 16.8 Å². The van der Waals surface area contributed by atoms with Crippen molar-refractivity contribution in [2.45, 2.75) is 6.92 Å². The SMILES string of the molecule is Cc1c2ccccc2cc2c1c1c3c(ccc4c5c(-c6ccccc6)cccc5n2c43)cc[n+]1C. The predicted molar refractivity (Wildman–Crippen MR) is 147 cm³/mol. The van der Waals surface area contributed by atoms with Gasteiger partial charge in [0.15, 0.2) is 6.20 Å². The molecule has 2 heteroatoms. The Morgan fingerprint density at radius 3 is 2.34 bits per heavy atom. The van der Waals surface area contributed by atoms with Crippen LogP contribution in [0.3, 0.4) is 0 Å². The second-order valence-electron chi connectivity index (χ2n) is 9.72. The van der Waals surface area contributed by atoms with Crippen molar-refractivity contribution >= 4 is 59.8 Å². The van der Waals surface area contributed by atoms with Crippen molar-refractivity contribution in [1.82, 2.24) is 4.40 Å². The topological polar surface area (TPSA) is 8.29 Å². The van der Waals surface area contributed by atoms with Crippen LogP contribution >= 0.6 is 0 Å². The van der Waals surface area contributed by atoms with Gasteiger partial charge in [-0.05, 0) is 51.9 Å². The average Bonchev–Trinajstić information content (AvgIpc) is 3.25. The van der Waals surface area contributed by atoms with Crippen molar-refractivity contribution in [2.75, 3.05) is 0 Å². The van der Waals surface area contributed by atoms with Crippen LogP contribution in [0.15, 0.2) is 103 Å². The fourth-order valence-electron chi connectivity index (χ4n) is 6.40. The zero-order valence-electron chi connectivity index (χ0n) is 19.7. The number of rotatable bonds is 1. The number of nitrogens with zero attached hydrogens (tertiary/aromatic N) is 2. The molecule has 0 N–H and O–H groups in total. The molecule has 0 amide bonds. The largest absolute Gasteiger partial charge is 0.307 e. The number of hydrogen-bond acceptors (Lipinski definition) is 0. The van der Waals surface area contributed by atoms with Gasteiger partial charge in [0.2, 0.25) is 5.52 Å². The van der Waals surface area contributed by atoms with E-state index in [1.807, 2.05) is 0 Å². The van der Waals surface area contributed by atoms with Crippen LogP contribution < -0.4 is 4.57 Å². The van der Waals surface area contributed by atoms with Gasteiger partial charge in [-0.2, -0.15) is 0 Å². The van der Waals surface area contributed by atoms with Crippen molar-refractivity contribution in [3.05, 3.63) is 109 Å². The molecule has 3 heterocycles. The summed E-state index contributed by atoms with van der Waals surface area (Å²) < 4.78 is 4.84. The number of aryl methyl sites for hydroxylation is 2. The Morgan fingerprint density at radius 2 is 1.46 bits per heavy atom. The first-order valence-corrected chi connectivity index (χ1v) is 12.2. The maximum Gasteiger partial charge on any atom is 0.224 e. The summed E-state index contributed by atoms with van der Waals surface area (Å²) in [6.45, 7) is 2.28. The molecule has 164 valence electrons. The van der Waals surface area contributed by atoms with Gasteiger partial charge in [0.25, 0.3) is 0 Å². The fourth-order valence-corrected chi connectivity index (χ4v) is 6.40. The third kappa shape index (κ3) is 2.31. The van der Waals surface area contributed by atoms with Gasteiger partial charge >= 0.3 is 0 Å². The molecule has 8 aromatic rings. The molecule has 0 aliphatic rings. The molecule has 8 rings (SSSR count). The van der Waals surface area contributed by atoms with Crippen LogP contribution in [0.25, 0.3) is 70.9 Å². The maximum atomic E-state index is 2.53. The molecule has 0 atom stereocenters. The van der Waals surface area contributed by atoms with E-state index in [0.717, 1.165) is 0 Å². The van der Waals surface area contributed by atoms with Gasteiger partial charge in [-0.15, -0.1) is 0 Å². The quantitative estimate of drug-likeness (QED) is 0.137. The standard InChI is InChI=1S/C33H23N2/c1-20-24-12-7-6-11-23(24)19-28-29(20)33-30-22(17-18-34(33)2)15-16-26-31-25(21-9-4-3-5-10-21)13-8-14-27(31)35(28)32(26)30/h3-19H,1-2H3/q+1. The van der Waals surface area contributed by atoms with Crippen molar-refractivity contribution in [1.29, 1.82) is 0 Å². The molecule has 3 aromatic heterocycles. The minimum absolute atomic E-state index is 1.25. The highest BCUT2D eigenvalue weighted by atomic mass is 15.0. The van der Waals surface area contributed by atoms with Crippen LogP contribution in [0.2, 0.25) is 0 Å². The summed E-state index contributed by atoms with van der Waals surface area (Å²) in [4.78, 5) is 0. The summed E-state index contributed by atoms with van der Waals surface area (Å²) in [7, 11) is 2.18. The summed E-state index contributed by atoms with van der Waals surface area (Å²) >= 11 is 0. The van der Waals surface area contributed by atoms with Gasteiger partial charge < -0.3 is 4.40 Å². The maximum absolute atomic E-state index is 2.53. The molecule has 0 aliphatic heterocycles. The van der Waals surface area contributed by atoms with E-state index in [4.69, 9.17) is 0 Å². The number of pyridine rings is 2. The highest BCUT2D eigenvalue weighted by Crippen LogP contribution is 2.44. The third-order valence-corrected chi connectivity index (χ3v) is 7.90. The highest BCUT2D eigenvalue weighted by molar-refractivity contribution is 6.29. The number of fused-ring (bicyclic) bond motifs is 7. The Labute approximate surface area is 202 Å². The molecule has 0 bridgehead atoms. The smallest absolute Gasteiger partial charge is 0.224 e. The number of hydrogen-bond donors (Lipinski definition) is 0. The van der Waals surface area contributed by atoms with Crippen LogP contribution in [0.5, 0.6) is 0 Å². The van der Waals surface area contributed by atoms with Crippen molar-refractivity contribution in [3.8, 4) is 11.1 Å². The van der Waals surface area contributed by atoms with E-state index in [-0.39, 0.29) is 0 Å². The van der Waals surface area contributed by atoms with E-state index in [1.54, 1.807) is 0 Å². The minimum atomic E-state index is 1.25. The van der Waals surface area contributed by atoms with Gasteiger partial charge in [0.05, 0.1) is 27.3 Å². The molecule has 0 unspecified atom stereocenters. The van der Waals surface area contributed by atoms with Crippen LogP contribution in [-0.2, 0) is 7.05 Å². The van der Waals surface area contributed by atoms with Crippen molar-refractivity contribution in [2.24, 2.45) is 7.05 Å². The first-order chi connectivity index (χ1) is 17.2. The monoisotopic (exact) mass is 447 g/mol. The van der Waals surface area contributed by atoms with E-state index in [2.05, 4.69) is 126 Å². The number of benzene rings is 5. The Balaban J connectivity index is 1.76. The van der Waals surface area contributed by atoms with Crippen LogP contribution in [0, 0.1) is 6.92 Å². The Kier molecular flexibility index (Phi) is 3.56. The summed E-state index contributed by atoms with van der Waals surface area (Å²) in [5.74, 6) is 0. The molecule has 0 fully saturated rings. The molecular weight excluding hydrogens is 424 g/mol. The van der Waals surface area contributed by atoms with Gasteiger partial charge in [-0.1, -0.05) is 78.9 Å². The van der Waals surface area contributed by atoms with Gasteiger partial charge in [-0.3, -0.25) is 0 Å². The average molecular weight is 448 g/mol. The Hall–Kier alpha value is -4.43. The lowest BCUT2D eigenvalue weighted by Gasteiger charge is -2.14. The molecule has 0 saturated carbocycles. The number of aromatic nitrogens is 2. The van der Waals surface area contributed by atoms with E-state index in [9.17, 15) is 0 Å². The van der Waals surface area contributed by atoms with E-state index in [0.29, 0.717) is 0 Å². The van der Waals surface area contributed by atoms with Crippen molar-refractivity contribution in [3.63, 3.8) is 0 Å². The molecular formula is C33H23N2+. The summed E-state index contributed by atoms with van der Waals surface area (Å²) in [6.07, 6.45) is 2.20. The summed E-state index contributed by atoms with van der Waals surface area (Å²) in [6, 6.07) is 35.6. The second kappa shape index (κ2) is 6.58. The highest BCUT2D eigenvalue weighted by Gasteiger charge is 2.25. The first-order valence-electron chi connectivity index (χ1n) is 12.2. The van der Waals surface area contributed by atoms with Crippen LogP contribution in [-0.4, -0.2) is 4.40 Å². The van der Waals surface area contributed by atoms with Crippen LogP contribution in [0.1, 0.15) is 5.56 Å². The van der Waals surface area contributed by atoms with Gasteiger partial charge in [-0.25, -0.2) is 4.57 Å². The zero-order valence-corrected chi connectivity index (χ0v) is 19.7. The summed E-state index contributed by atoms with van der Waals surface area (Å²) in [5.41, 5.74) is 9.04. The fraction of sp³-hybridized carbons (Fsp3) is 0.0606. The lowest BCUT2D eigenvalue weighted by Crippen LogP contribution is -2.28. The molecule has 0 aliphatic carbocycles. The molecule has 0 saturated heterocycles. The first kappa shape index (κ1) is 18.9. The Morgan fingerprint density at radius 1 is 0.629 bits per heavy atom. The van der Waals surface area contributed by atoms with Gasteiger partial charge in [0.1, 0.15) is 7.05 Å². The Bertz CT molecular complexity index is 2110. The van der Waals surface area contributed by atoms with E-state index >= 15 is 0 Å². The normalized spacial score (nSPS) is 12.3. The molecule has 0 radical (unpaired) electrons. The predicted octanol–water partition coefficient (Wildman–Crippen LogP) is 7.94. The molecule has 0 spiro atoms. The van der Waals surface area contributed by atoms with E-state index in [1.165, 1.54) is 76.5 Å². The molecule has 35 heavy (non-hydrogen) atoms. The van der Waals surface area contributed by atoms with Crippen molar-refractivity contribution < 1.29 is 4.57 Å². The lowest BCUT2D eigenvalue weighted by molar-refractivity contribution is -0.643. The second-order valence-corrected chi connectivity index (χ2v) is 9.72. The third-order valence-electron chi connectivity index (χ3n) is 7.90. The summed E-state index contributed by atoms with van der Waals surface area (Å²) in [5, 5.41) is 9.21. The molecule has 2 nitrogen and oxygen atoms in total. The molecule has 5 aromatic carbocycles. The minimum Gasteiger partial charge on any atom is -0.307 e. The van der Waals surface area contributed by atoms with E-state index < -0.39 is 0 Å². The lowest BCUT2D eigenvalue weighted by atomic mass is 9.95. The zero-order chi connectivity index (χ0) is 23.3.